The zero-order valence-corrected chi connectivity index (χ0v) is 18.2. The minimum atomic E-state index is -1.35. The lowest BCUT2D eigenvalue weighted by atomic mass is 10.0. The van der Waals surface area contributed by atoms with Crippen molar-refractivity contribution >= 4 is 23.7 Å². The quantitative estimate of drug-likeness (QED) is 0.286. The fourth-order valence-electron chi connectivity index (χ4n) is 2.90. The second-order valence-electron chi connectivity index (χ2n) is 8.22. The van der Waals surface area contributed by atoms with E-state index < -0.39 is 47.6 Å². The summed E-state index contributed by atoms with van der Waals surface area (Å²) >= 11 is 0. The molecule has 5 N–H and O–H groups in total. The zero-order chi connectivity index (χ0) is 23.1. The van der Waals surface area contributed by atoms with Crippen LogP contribution in [0.15, 0.2) is 0 Å². The number of nitrogens with zero attached hydrogens (tertiary/aromatic N) is 1. The summed E-state index contributed by atoms with van der Waals surface area (Å²) in [4.78, 5) is 48.5. The second-order valence-corrected chi connectivity index (χ2v) is 8.22. The first kappa shape index (κ1) is 25.8. The van der Waals surface area contributed by atoms with E-state index in [-0.39, 0.29) is 18.9 Å². The number of hydrazine groups is 1. The monoisotopic (exact) mass is 430 g/mol. The summed E-state index contributed by atoms with van der Waals surface area (Å²) < 4.78 is 5.09. The minimum absolute atomic E-state index is 0.0119. The molecule has 1 fully saturated rings. The fourth-order valence-corrected chi connectivity index (χ4v) is 2.90. The molecule has 0 saturated carbocycles. The van der Waals surface area contributed by atoms with Crippen LogP contribution in [0.5, 0.6) is 0 Å². The lowest BCUT2D eigenvalue weighted by Gasteiger charge is -2.34. The van der Waals surface area contributed by atoms with Gasteiger partial charge in [0.2, 0.25) is 11.8 Å². The van der Waals surface area contributed by atoms with Crippen molar-refractivity contribution in [3.8, 4) is 0 Å². The maximum atomic E-state index is 12.6. The smallest absolute Gasteiger partial charge is 0.322 e. The SMILES string of the molecule is CC(C)[C@H](NC(=O)CCOC(C)(C)O)C(=O)N[C@@H](C)C(=O)N1CCC[C@@H](C(=O)O)N1. The van der Waals surface area contributed by atoms with E-state index in [1.54, 1.807) is 13.8 Å². The molecule has 0 aliphatic carbocycles. The molecule has 1 rings (SSSR count). The van der Waals surface area contributed by atoms with E-state index in [2.05, 4.69) is 16.1 Å². The van der Waals surface area contributed by atoms with Gasteiger partial charge in [0, 0.05) is 6.54 Å². The van der Waals surface area contributed by atoms with Crippen molar-refractivity contribution in [3.63, 3.8) is 0 Å². The summed E-state index contributed by atoms with van der Waals surface area (Å²) in [6, 6.07) is -2.62. The van der Waals surface area contributed by atoms with Crippen LogP contribution in [0.4, 0.5) is 0 Å². The highest BCUT2D eigenvalue weighted by Gasteiger charge is 2.32. The molecule has 1 aliphatic heterocycles. The summed E-state index contributed by atoms with van der Waals surface area (Å²) in [5.74, 6) is -4.03. The first-order valence-corrected chi connectivity index (χ1v) is 10.1. The minimum Gasteiger partial charge on any atom is -0.480 e. The van der Waals surface area contributed by atoms with Crippen LogP contribution < -0.4 is 16.1 Å². The Morgan fingerprint density at radius 1 is 1.20 bits per heavy atom. The number of hydrogen-bond donors (Lipinski definition) is 5. The van der Waals surface area contributed by atoms with E-state index in [0.717, 1.165) is 0 Å². The Morgan fingerprint density at radius 2 is 1.83 bits per heavy atom. The Labute approximate surface area is 176 Å². The van der Waals surface area contributed by atoms with E-state index in [9.17, 15) is 24.3 Å². The standard InChI is InChI=1S/C19H34N4O7/c1-11(2)15(21-14(24)8-10-30-19(4,5)29)16(25)20-12(3)17(26)23-9-6-7-13(22-23)18(27)28/h11-13,15,22,29H,6-10H2,1-5H3,(H,20,25)(H,21,24)(H,27,28)/t12-,13-,15-/m0/s1. The van der Waals surface area contributed by atoms with Crippen LogP contribution in [0, 0.1) is 5.92 Å². The van der Waals surface area contributed by atoms with E-state index in [1.807, 2.05) is 0 Å². The van der Waals surface area contributed by atoms with Crippen molar-refractivity contribution in [2.45, 2.75) is 77.8 Å². The molecular formula is C19H34N4O7. The molecule has 172 valence electrons. The van der Waals surface area contributed by atoms with Gasteiger partial charge < -0.3 is 25.6 Å². The van der Waals surface area contributed by atoms with Gasteiger partial charge in [-0.1, -0.05) is 13.8 Å². The van der Waals surface area contributed by atoms with Crippen LogP contribution in [-0.2, 0) is 23.9 Å². The Morgan fingerprint density at radius 3 is 2.37 bits per heavy atom. The summed E-state index contributed by atoms with van der Waals surface area (Å²) in [6.07, 6.45) is 0.912. The molecule has 0 unspecified atom stereocenters. The van der Waals surface area contributed by atoms with Crippen LogP contribution >= 0.6 is 0 Å². The highest BCUT2D eigenvalue weighted by molar-refractivity contribution is 5.92. The number of nitrogens with one attached hydrogen (secondary N) is 3. The third-order valence-electron chi connectivity index (χ3n) is 4.53. The number of hydrogen-bond acceptors (Lipinski definition) is 7. The first-order valence-electron chi connectivity index (χ1n) is 10.1. The first-order chi connectivity index (χ1) is 13.8. The number of aliphatic hydroxyl groups is 1. The third kappa shape index (κ3) is 8.64. The topological polar surface area (TPSA) is 157 Å². The Bertz CT molecular complexity index is 633. The van der Waals surface area contributed by atoms with Gasteiger partial charge in [0.25, 0.3) is 5.91 Å². The fraction of sp³-hybridized carbons (Fsp3) is 0.789. The van der Waals surface area contributed by atoms with Crippen molar-refractivity contribution in [1.29, 1.82) is 0 Å². The summed E-state index contributed by atoms with van der Waals surface area (Å²) in [6.45, 7) is 8.24. The molecule has 0 aromatic rings. The summed E-state index contributed by atoms with van der Waals surface area (Å²) in [5, 5.41) is 25.0. The van der Waals surface area contributed by atoms with Crippen molar-refractivity contribution in [3.05, 3.63) is 0 Å². The molecule has 11 nitrogen and oxygen atoms in total. The number of carboxylic acid groups (broad SMARTS) is 1. The molecule has 30 heavy (non-hydrogen) atoms. The third-order valence-corrected chi connectivity index (χ3v) is 4.53. The van der Waals surface area contributed by atoms with E-state index in [1.165, 1.54) is 25.8 Å². The Hall–Kier alpha value is -2.24. The van der Waals surface area contributed by atoms with Gasteiger partial charge in [-0.15, -0.1) is 0 Å². The number of amides is 3. The van der Waals surface area contributed by atoms with Crippen LogP contribution in [0.1, 0.15) is 53.9 Å². The average Bonchev–Trinajstić information content (AvgIpc) is 2.64. The lowest BCUT2D eigenvalue weighted by Crippen LogP contribution is -2.60. The normalized spacial score (nSPS) is 19.2. The highest BCUT2D eigenvalue weighted by Crippen LogP contribution is 2.10. The molecule has 0 aromatic heterocycles. The van der Waals surface area contributed by atoms with Crippen molar-refractivity contribution in [2.75, 3.05) is 13.2 Å². The Kier molecular flexibility index (Phi) is 9.66. The predicted molar refractivity (Wildman–Crippen MR) is 107 cm³/mol. The van der Waals surface area contributed by atoms with Crippen LogP contribution in [0.25, 0.3) is 0 Å². The number of carbonyl (C=O) groups excluding carboxylic acids is 3. The van der Waals surface area contributed by atoms with Crippen molar-refractivity contribution < 1.29 is 34.1 Å². The van der Waals surface area contributed by atoms with Gasteiger partial charge in [0.15, 0.2) is 5.79 Å². The number of aliphatic carboxylic acids is 1. The van der Waals surface area contributed by atoms with Crippen molar-refractivity contribution in [1.82, 2.24) is 21.1 Å². The average molecular weight is 431 g/mol. The van der Waals surface area contributed by atoms with Gasteiger partial charge >= 0.3 is 5.97 Å². The molecule has 11 heteroatoms. The lowest BCUT2D eigenvalue weighted by molar-refractivity contribution is -0.177. The molecule has 1 heterocycles. The van der Waals surface area contributed by atoms with Gasteiger partial charge in [-0.25, -0.2) is 5.43 Å². The van der Waals surface area contributed by atoms with E-state index >= 15 is 0 Å². The van der Waals surface area contributed by atoms with Gasteiger partial charge in [-0.2, -0.15) is 0 Å². The summed E-state index contributed by atoms with van der Waals surface area (Å²) in [5.41, 5.74) is 2.66. The number of carbonyl (C=O) groups is 4. The largest absolute Gasteiger partial charge is 0.480 e. The summed E-state index contributed by atoms with van der Waals surface area (Å²) in [7, 11) is 0. The number of ether oxygens (including phenoxy) is 1. The zero-order valence-electron chi connectivity index (χ0n) is 18.2. The molecule has 1 saturated heterocycles. The number of rotatable bonds is 10. The molecule has 0 radical (unpaired) electrons. The highest BCUT2D eigenvalue weighted by atomic mass is 16.6. The van der Waals surface area contributed by atoms with Crippen LogP contribution in [-0.4, -0.2) is 76.0 Å². The molecule has 3 amide bonds. The molecule has 0 aromatic carbocycles. The molecule has 0 spiro atoms. The van der Waals surface area contributed by atoms with E-state index in [0.29, 0.717) is 19.4 Å². The maximum Gasteiger partial charge on any atom is 0.322 e. The van der Waals surface area contributed by atoms with E-state index in [4.69, 9.17) is 9.84 Å². The van der Waals surface area contributed by atoms with Crippen molar-refractivity contribution in [2.24, 2.45) is 5.92 Å². The number of carboxylic acids is 1. The molecule has 3 atom stereocenters. The van der Waals surface area contributed by atoms with Gasteiger partial charge in [0.05, 0.1) is 13.0 Å². The maximum absolute atomic E-state index is 12.6. The second kappa shape index (κ2) is 11.2. The van der Waals surface area contributed by atoms with Gasteiger partial charge in [-0.05, 0) is 39.5 Å². The van der Waals surface area contributed by atoms with Gasteiger partial charge in [0.1, 0.15) is 18.1 Å². The molecule has 0 bridgehead atoms. The predicted octanol–water partition coefficient (Wildman–Crippen LogP) is -0.653. The molecule has 1 aliphatic rings. The Balaban J connectivity index is 2.61. The van der Waals surface area contributed by atoms with Gasteiger partial charge in [-0.3, -0.25) is 24.2 Å². The van der Waals surface area contributed by atoms with Crippen LogP contribution in [0.2, 0.25) is 0 Å². The van der Waals surface area contributed by atoms with Crippen LogP contribution in [0.3, 0.4) is 0 Å². The molecular weight excluding hydrogens is 396 g/mol.